The van der Waals surface area contributed by atoms with E-state index < -0.39 is 29.6 Å². The maximum absolute atomic E-state index is 12.3. The molecule has 0 amide bonds. The van der Waals surface area contributed by atoms with Gasteiger partial charge in [0.25, 0.3) is 0 Å². The van der Waals surface area contributed by atoms with Crippen molar-refractivity contribution >= 4 is 21.7 Å². The molecule has 2 fully saturated rings. The molecule has 0 radical (unpaired) electrons. The highest BCUT2D eigenvalue weighted by Gasteiger charge is 2.48. The van der Waals surface area contributed by atoms with Gasteiger partial charge >= 0.3 is 0 Å². The van der Waals surface area contributed by atoms with E-state index in [1.54, 1.807) is 0 Å². The van der Waals surface area contributed by atoms with Crippen LogP contribution in [-0.2, 0) is 23.7 Å². The first kappa shape index (κ1) is 14.2. The Morgan fingerprint density at radius 2 is 2.00 bits per heavy atom. The zero-order valence-corrected chi connectivity index (χ0v) is 12.5. The number of fused-ring (bicyclic) bond motifs is 1. The summed E-state index contributed by atoms with van der Waals surface area (Å²) in [5, 5.41) is 0. The maximum Gasteiger partial charge on any atom is 0.184 e. The molecule has 20 heavy (non-hydrogen) atoms. The predicted molar refractivity (Wildman–Crippen MR) is 73.4 cm³/mol. The molecule has 1 aromatic carbocycles. The number of carbonyl (C=O) groups is 1. The fourth-order valence-corrected chi connectivity index (χ4v) is 2.98. The lowest BCUT2D eigenvalue weighted by molar-refractivity contribution is -0.296. The third kappa shape index (κ3) is 2.54. The van der Waals surface area contributed by atoms with Crippen molar-refractivity contribution in [2.24, 2.45) is 0 Å². The van der Waals surface area contributed by atoms with E-state index in [-0.39, 0.29) is 5.78 Å². The SMILES string of the molecule is CO[C@@H]1O[C@@H]2COC(c3ccccc3)O[C@H]2C(=O)[C@H]1Br. The van der Waals surface area contributed by atoms with Crippen molar-refractivity contribution in [3.05, 3.63) is 35.9 Å². The molecule has 1 unspecified atom stereocenters. The third-order valence-corrected chi connectivity index (χ3v) is 4.31. The van der Waals surface area contributed by atoms with Gasteiger partial charge in [-0.05, 0) is 0 Å². The second kappa shape index (κ2) is 5.91. The van der Waals surface area contributed by atoms with Crippen LogP contribution in [0.15, 0.2) is 30.3 Å². The van der Waals surface area contributed by atoms with Gasteiger partial charge in [-0.25, -0.2) is 0 Å². The van der Waals surface area contributed by atoms with Crippen LogP contribution in [0.1, 0.15) is 11.9 Å². The quantitative estimate of drug-likeness (QED) is 0.767. The molecule has 5 nitrogen and oxygen atoms in total. The van der Waals surface area contributed by atoms with E-state index >= 15 is 0 Å². The molecule has 0 spiro atoms. The molecule has 0 saturated carbocycles. The highest BCUT2D eigenvalue weighted by molar-refractivity contribution is 9.10. The Bertz CT molecular complexity index is 480. The first-order valence-corrected chi connectivity index (χ1v) is 7.30. The van der Waals surface area contributed by atoms with Gasteiger partial charge in [-0.2, -0.15) is 0 Å². The Labute approximate surface area is 125 Å². The summed E-state index contributed by atoms with van der Waals surface area (Å²) in [5.74, 6) is -0.0719. The van der Waals surface area contributed by atoms with E-state index in [4.69, 9.17) is 18.9 Å². The number of halogens is 1. The summed E-state index contributed by atoms with van der Waals surface area (Å²) < 4.78 is 22.2. The minimum atomic E-state index is -0.635. The van der Waals surface area contributed by atoms with E-state index in [2.05, 4.69) is 15.9 Å². The number of Topliss-reactive ketones (excluding diaryl/α,β-unsaturated/α-hetero) is 1. The molecule has 0 N–H and O–H groups in total. The number of hydrogen-bond donors (Lipinski definition) is 0. The third-order valence-electron chi connectivity index (χ3n) is 3.42. The Kier molecular flexibility index (Phi) is 4.18. The highest BCUT2D eigenvalue weighted by Crippen LogP contribution is 2.34. The number of methoxy groups -OCH3 is 1. The molecular formula is C14H15BrO5. The Balaban J connectivity index is 1.76. The summed E-state index contributed by atoms with van der Waals surface area (Å²) in [7, 11) is 1.50. The zero-order chi connectivity index (χ0) is 14.1. The van der Waals surface area contributed by atoms with Gasteiger partial charge in [0.1, 0.15) is 17.0 Å². The average Bonchev–Trinajstić information content (AvgIpc) is 2.51. The first-order chi connectivity index (χ1) is 9.70. The van der Waals surface area contributed by atoms with Crippen molar-refractivity contribution in [2.75, 3.05) is 13.7 Å². The van der Waals surface area contributed by atoms with Gasteiger partial charge in [0, 0.05) is 12.7 Å². The van der Waals surface area contributed by atoms with E-state index in [1.807, 2.05) is 30.3 Å². The smallest absolute Gasteiger partial charge is 0.184 e. The Morgan fingerprint density at radius 1 is 1.25 bits per heavy atom. The second-order valence-corrected chi connectivity index (χ2v) is 5.70. The van der Waals surface area contributed by atoms with Gasteiger partial charge in [0.05, 0.1) is 6.61 Å². The van der Waals surface area contributed by atoms with Crippen molar-refractivity contribution in [3.8, 4) is 0 Å². The summed E-state index contributed by atoms with van der Waals surface area (Å²) in [6.07, 6.45) is -2.21. The van der Waals surface area contributed by atoms with Crippen molar-refractivity contribution < 1.29 is 23.7 Å². The first-order valence-electron chi connectivity index (χ1n) is 6.39. The standard InChI is InChI=1S/C14H15BrO5/c1-17-14-10(15)11(16)12-9(19-14)7-18-13(20-12)8-5-3-2-4-6-8/h2-6,9-10,12-14H,7H2,1H3/t9-,10-,12-,13?,14-/m1/s1. The molecule has 2 aliphatic rings. The molecule has 6 heteroatoms. The lowest BCUT2D eigenvalue weighted by Crippen LogP contribution is -2.58. The lowest BCUT2D eigenvalue weighted by atomic mass is 10.0. The van der Waals surface area contributed by atoms with E-state index in [0.717, 1.165) is 5.56 Å². The normalized spacial score (nSPS) is 37.5. The molecule has 2 saturated heterocycles. The Hall–Kier alpha value is -0.790. The highest BCUT2D eigenvalue weighted by atomic mass is 79.9. The number of ether oxygens (including phenoxy) is 4. The molecule has 0 aromatic heterocycles. The molecule has 0 bridgehead atoms. The average molecular weight is 343 g/mol. The van der Waals surface area contributed by atoms with Crippen LogP contribution in [0.2, 0.25) is 0 Å². The summed E-state index contributed by atoms with van der Waals surface area (Å²) in [5.41, 5.74) is 0.888. The largest absolute Gasteiger partial charge is 0.354 e. The van der Waals surface area contributed by atoms with Crippen molar-refractivity contribution in [2.45, 2.75) is 29.6 Å². The van der Waals surface area contributed by atoms with Gasteiger partial charge in [-0.3, -0.25) is 4.79 Å². The number of ketones is 1. The van der Waals surface area contributed by atoms with Crippen molar-refractivity contribution in [1.29, 1.82) is 0 Å². The van der Waals surface area contributed by atoms with Crippen LogP contribution in [0, 0.1) is 0 Å². The van der Waals surface area contributed by atoms with Crippen LogP contribution < -0.4 is 0 Å². The number of alkyl halides is 1. The monoisotopic (exact) mass is 342 g/mol. The van der Waals surface area contributed by atoms with Crippen LogP contribution in [-0.4, -0.2) is 42.8 Å². The van der Waals surface area contributed by atoms with Gasteiger partial charge in [0.2, 0.25) is 0 Å². The predicted octanol–water partition coefficient (Wildman–Crippen LogP) is 1.80. The van der Waals surface area contributed by atoms with Gasteiger partial charge in [-0.15, -0.1) is 0 Å². The van der Waals surface area contributed by atoms with Crippen LogP contribution >= 0.6 is 15.9 Å². The fraction of sp³-hybridized carbons (Fsp3) is 0.500. The number of benzene rings is 1. The summed E-state index contributed by atoms with van der Waals surface area (Å²) in [6.45, 7) is 0.301. The fourth-order valence-electron chi connectivity index (χ4n) is 2.38. The van der Waals surface area contributed by atoms with Crippen molar-refractivity contribution in [3.63, 3.8) is 0 Å². The second-order valence-electron chi connectivity index (χ2n) is 4.72. The topological polar surface area (TPSA) is 54.0 Å². The Morgan fingerprint density at radius 3 is 2.70 bits per heavy atom. The molecule has 108 valence electrons. The molecule has 2 heterocycles. The number of carbonyl (C=O) groups excluding carboxylic acids is 1. The van der Waals surface area contributed by atoms with E-state index in [0.29, 0.717) is 6.61 Å². The molecule has 1 aromatic rings. The van der Waals surface area contributed by atoms with Crippen LogP contribution in [0.5, 0.6) is 0 Å². The van der Waals surface area contributed by atoms with E-state index in [9.17, 15) is 4.79 Å². The molecule has 5 atom stereocenters. The van der Waals surface area contributed by atoms with E-state index in [1.165, 1.54) is 7.11 Å². The lowest BCUT2D eigenvalue weighted by Gasteiger charge is -2.42. The molecule has 2 aliphatic heterocycles. The molecule has 0 aliphatic carbocycles. The zero-order valence-electron chi connectivity index (χ0n) is 10.9. The molecule has 3 rings (SSSR count). The minimum absolute atomic E-state index is 0.0719. The van der Waals surface area contributed by atoms with Crippen LogP contribution in [0.3, 0.4) is 0 Å². The minimum Gasteiger partial charge on any atom is -0.354 e. The van der Waals surface area contributed by atoms with Gasteiger partial charge < -0.3 is 18.9 Å². The van der Waals surface area contributed by atoms with Crippen LogP contribution in [0.25, 0.3) is 0 Å². The number of rotatable bonds is 2. The maximum atomic E-state index is 12.3. The van der Waals surface area contributed by atoms with Crippen molar-refractivity contribution in [1.82, 2.24) is 0 Å². The van der Waals surface area contributed by atoms with Crippen LogP contribution in [0.4, 0.5) is 0 Å². The number of hydrogen-bond acceptors (Lipinski definition) is 5. The van der Waals surface area contributed by atoms with Gasteiger partial charge in [-0.1, -0.05) is 46.3 Å². The molecular weight excluding hydrogens is 328 g/mol. The summed E-state index contributed by atoms with van der Waals surface area (Å²) in [4.78, 5) is 11.8. The summed E-state index contributed by atoms with van der Waals surface area (Å²) in [6, 6.07) is 9.54. The summed E-state index contributed by atoms with van der Waals surface area (Å²) >= 11 is 3.30. The van der Waals surface area contributed by atoms with Gasteiger partial charge in [0.15, 0.2) is 18.4 Å².